The Labute approximate surface area is 81.5 Å². The van der Waals surface area contributed by atoms with Crippen LogP contribution in [0.4, 0.5) is 14.9 Å². The number of nitrogens with zero attached hydrogens (tertiary/aromatic N) is 1. The van der Waals surface area contributed by atoms with Gasteiger partial charge in [0.2, 0.25) is 0 Å². The fourth-order valence-electron chi connectivity index (χ4n) is 1.26. The maximum absolute atomic E-state index is 12.5. The number of amides is 2. The molecule has 1 aliphatic rings. The van der Waals surface area contributed by atoms with Crippen molar-refractivity contribution in [2.24, 2.45) is 0 Å². The van der Waals surface area contributed by atoms with E-state index in [0.29, 0.717) is 5.69 Å². The minimum atomic E-state index is -0.299. The minimum absolute atomic E-state index is 0.108. The largest absolute Gasteiger partial charge is 0.324 e. The van der Waals surface area contributed by atoms with Gasteiger partial charge in [0.15, 0.2) is 0 Å². The summed E-state index contributed by atoms with van der Waals surface area (Å²) in [5.41, 5.74) is 0.628. The Bertz CT molecular complexity index is 332. The molecule has 0 aromatic heterocycles. The number of nitrogens with one attached hydrogen (secondary N) is 1. The van der Waals surface area contributed by atoms with Crippen LogP contribution >= 0.6 is 0 Å². The Morgan fingerprint density at radius 3 is 2.43 bits per heavy atom. The van der Waals surface area contributed by atoms with E-state index >= 15 is 0 Å². The summed E-state index contributed by atoms with van der Waals surface area (Å²) in [5, 5.41) is 2.69. The van der Waals surface area contributed by atoms with E-state index in [1.165, 1.54) is 12.1 Å². The molecule has 4 heteroatoms. The molecule has 0 unspecified atom stereocenters. The molecule has 1 heterocycles. The fraction of sp³-hybridized carbons (Fsp3) is 0.300. The molecule has 1 aromatic rings. The number of benzene rings is 1. The number of hydrogen-bond acceptors (Lipinski definition) is 1. The molecule has 0 aliphatic carbocycles. The maximum Gasteiger partial charge on any atom is 0.321 e. The van der Waals surface area contributed by atoms with Crippen LogP contribution in [0, 0.1) is 5.82 Å². The highest BCUT2D eigenvalue weighted by Gasteiger charge is 2.19. The van der Waals surface area contributed by atoms with Crippen molar-refractivity contribution in [3.8, 4) is 0 Å². The van der Waals surface area contributed by atoms with Crippen LogP contribution < -0.4 is 5.32 Å². The molecular formula is C10H11FN2O. The van der Waals surface area contributed by atoms with E-state index in [9.17, 15) is 9.18 Å². The Kier molecular flexibility index (Phi) is 2.35. The first kappa shape index (κ1) is 8.99. The number of halogens is 1. The van der Waals surface area contributed by atoms with Gasteiger partial charge in [-0.15, -0.1) is 0 Å². The summed E-state index contributed by atoms with van der Waals surface area (Å²) in [6.07, 6.45) is 1.07. The summed E-state index contributed by atoms with van der Waals surface area (Å²) in [6.45, 7) is 1.63. The molecule has 0 saturated carbocycles. The second-order valence-electron chi connectivity index (χ2n) is 3.28. The van der Waals surface area contributed by atoms with Crippen molar-refractivity contribution >= 4 is 11.7 Å². The molecule has 0 bridgehead atoms. The summed E-state index contributed by atoms with van der Waals surface area (Å²) >= 11 is 0. The third-order valence-electron chi connectivity index (χ3n) is 2.24. The predicted molar refractivity (Wildman–Crippen MR) is 51.6 cm³/mol. The molecule has 1 saturated heterocycles. The first-order valence-electron chi connectivity index (χ1n) is 4.57. The van der Waals surface area contributed by atoms with Crippen LogP contribution in [0.3, 0.4) is 0 Å². The molecule has 0 atom stereocenters. The van der Waals surface area contributed by atoms with Crippen molar-refractivity contribution in [1.82, 2.24) is 4.90 Å². The molecule has 1 aromatic carbocycles. The number of carbonyl (C=O) groups is 1. The zero-order valence-electron chi connectivity index (χ0n) is 7.66. The lowest BCUT2D eigenvalue weighted by Crippen LogP contribution is -2.44. The summed E-state index contributed by atoms with van der Waals surface area (Å²) < 4.78 is 12.5. The van der Waals surface area contributed by atoms with Crippen LogP contribution in [0.1, 0.15) is 6.42 Å². The standard InChI is InChI=1S/C10H11FN2O/c11-8-2-4-9(5-3-8)12-10(14)13-6-1-7-13/h2-5H,1,6-7H2,(H,12,14). The van der Waals surface area contributed by atoms with Gasteiger partial charge in [-0.2, -0.15) is 0 Å². The van der Waals surface area contributed by atoms with Crippen LogP contribution in [0.15, 0.2) is 24.3 Å². The SMILES string of the molecule is O=C(Nc1ccc(F)cc1)N1CCC1. The van der Waals surface area contributed by atoms with Crippen LogP contribution in [0.2, 0.25) is 0 Å². The van der Waals surface area contributed by atoms with Gasteiger partial charge in [0.05, 0.1) is 0 Å². The van der Waals surface area contributed by atoms with E-state index in [1.807, 2.05) is 0 Å². The number of urea groups is 1. The van der Waals surface area contributed by atoms with Crippen LogP contribution in [0.25, 0.3) is 0 Å². The fourth-order valence-corrected chi connectivity index (χ4v) is 1.26. The Balaban J connectivity index is 1.96. The van der Waals surface area contributed by atoms with Gasteiger partial charge < -0.3 is 10.2 Å². The van der Waals surface area contributed by atoms with E-state index in [-0.39, 0.29) is 11.8 Å². The summed E-state index contributed by atoms with van der Waals surface area (Å²) in [7, 11) is 0. The zero-order valence-corrected chi connectivity index (χ0v) is 7.66. The average Bonchev–Trinajstić information content (AvgIpc) is 2.06. The highest BCUT2D eigenvalue weighted by molar-refractivity contribution is 5.89. The van der Waals surface area contributed by atoms with E-state index in [0.717, 1.165) is 19.5 Å². The van der Waals surface area contributed by atoms with Crippen LogP contribution in [0.5, 0.6) is 0 Å². The predicted octanol–water partition coefficient (Wildman–Crippen LogP) is 2.06. The smallest absolute Gasteiger partial charge is 0.321 e. The quantitative estimate of drug-likeness (QED) is 0.729. The number of rotatable bonds is 1. The summed E-state index contributed by atoms with van der Waals surface area (Å²) in [5.74, 6) is -0.299. The molecule has 2 amide bonds. The Morgan fingerprint density at radius 2 is 1.93 bits per heavy atom. The van der Waals surface area contributed by atoms with E-state index in [2.05, 4.69) is 5.32 Å². The third kappa shape index (κ3) is 1.84. The number of anilines is 1. The molecule has 3 nitrogen and oxygen atoms in total. The van der Waals surface area contributed by atoms with Gasteiger partial charge in [-0.3, -0.25) is 0 Å². The van der Waals surface area contributed by atoms with Crippen molar-refractivity contribution in [3.63, 3.8) is 0 Å². The minimum Gasteiger partial charge on any atom is -0.324 e. The van der Waals surface area contributed by atoms with Crippen LogP contribution in [-0.4, -0.2) is 24.0 Å². The first-order valence-corrected chi connectivity index (χ1v) is 4.57. The van der Waals surface area contributed by atoms with E-state index < -0.39 is 0 Å². The van der Waals surface area contributed by atoms with Gasteiger partial charge >= 0.3 is 6.03 Å². The van der Waals surface area contributed by atoms with Gasteiger partial charge in [0.25, 0.3) is 0 Å². The van der Waals surface area contributed by atoms with Crippen molar-refractivity contribution in [2.75, 3.05) is 18.4 Å². The molecule has 1 aliphatic heterocycles. The molecule has 14 heavy (non-hydrogen) atoms. The molecule has 2 rings (SSSR count). The second-order valence-corrected chi connectivity index (χ2v) is 3.28. The summed E-state index contributed by atoms with van der Waals surface area (Å²) in [6, 6.07) is 5.64. The van der Waals surface area contributed by atoms with E-state index in [4.69, 9.17) is 0 Å². The Morgan fingerprint density at radius 1 is 1.29 bits per heavy atom. The highest BCUT2D eigenvalue weighted by Crippen LogP contribution is 2.12. The zero-order chi connectivity index (χ0) is 9.97. The molecule has 1 N–H and O–H groups in total. The molecular weight excluding hydrogens is 183 g/mol. The van der Waals surface area contributed by atoms with Gasteiger partial charge in [0, 0.05) is 18.8 Å². The topological polar surface area (TPSA) is 32.3 Å². The van der Waals surface area contributed by atoms with Crippen molar-refractivity contribution in [3.05, 3.63) is 30.1 Å². The second kappa shape index (κ2) is 3.65. The normalized spacial score (nSPS) is 14.8. The monoisotopic (exact) mass is 194 g/mol. The van der Waals surface area contributed by atoms with Crippen molar-refractivity contribution < 1.29 is 9.18 Å². The van der Waals surface area contributed by atoms with Gasteiger partial charge in [-0.25, -0.2) is 9.18 Å². The van der Waals surface area contributed by atoms with Crippen molar-refractivity contribution in [1.29, 1.82) is 0 Å². The van der Waals surface area contributed by atoms with Gasteiger partial charge in [-0.05, 0) is 30.7 Å². The molecule has 74 valence electrons. The third-order valence-corrected chi connectivity index (χ3v) is 2.24. The first-order chi connectivity index (χ1) is 6.75. The Hall–Kier alpha value is -1.58. The number of likely N-dealkylation sites (tertiary alicyclic amines) is 1. The lowest BCUT2D eigenvalue weighted by Gasteiger charge is -2.30. The molecule has 0 spiro atoms. The molecule has 1 fully saturated rings. The van der Waals surface area contributed by atoms with Crippen molar-refractivity contribution in [2.45, 2.75) is 6.42 Å². The maximum atomic E-state index is 12.5. The van der Waals surface area contributed by atoms with Gasteiger partial charge in [-0.1, -0.05) is 0 Å². The lowest BCUT2D eigenvalue weighted by atomic mass is 10.2. The van der Waals surface area contributed by atoms with Crippen LogP contribution in [-0.2, 0) is 0 Å². The molecule has 0 radical (unpaired) electrons. The average molecular weight is 194 g/mol. The number of hydrogen-bond donors (Lipinski definition) is 1. The van der Waals surface area contributed by atoms with Gasteiger partial charge in [0.1, 0.15) is 5.82 Å². The highest BCUT2D eigenvalue weighted by atomic mass is 19.1. The number of carbonyl (C=O) groups excluding carboxylic acids is 1. The summed E-state index contributed by atoms with van der Waals surface area (Å²) in [4.78, 5) is 13.1. The van der Waals surface area contributed by atoms with E-state index in [1.54, 1.807) is 17.0 Å². The lowest BCUT2D eigenvalue weighted by molar-refractivity contribution is 0.181.